The molecule has 0 aliphatic carbocycles. The predicted octanol–water partition coefficient (Wildman–Crippen LogP) is 5.72. The Balaban J connectivity index is 1.53. The van der Waals surface area contributed by atoms with E-state index in [1.54, 1.807) is 12.1 Å². The molecule has 0 spiro atoms. The van der Waals surface area contributed by atoms with Crippen molar-refractivity contribution in [3.05, 3.63) is 76.9 Å². The smallest absolute Gasteiger partial charge is 0.224 e. The van der Waals surface area contributed by atoms with Crippen LogP contribution in [0.5, 0.6) is 0 Å². The van der Waals surface area contributed by atoms with Crippen molar-refractivity contribution in [2.24, 2.45) is 0 Å². The molecule has 150 valence electrons. The van der Waals surface area contributed by atoms with Gasteiger partial charge in [0.1, 0.15) is 5.82 Å². The standard InChI is InChI=1S/C23H25ClN4O/c1-16-13-19(27-22(25)14-16)9-5-6-10-23(29)28-20-12-11-17(24)15-21(20)26-18-7-3-2-4-8-18/h2-4,7-8,11-15,26H,5-6,9-10H2,1H3,(H2,25,27)(H,28,29). The Kier molecular flexibility index (Phi) is 7.09. The van der Waals surface area contributed by atoms with E-state index >= 15 is 0 Å². The highest BCUT2D eigenvalue weighted by atomic mass is 35.5. The van der Waals surface area contributed by atoms with E-state index in [4.69, 9.17) is 17.3 Å². The number of nitrogens with zero attached hydrogens (tertiary/aromatic N) is 1. The average Bonchev–Trinajstić information content (AvgIpc) is 2.67. The topological polar surface area (TPSA) is 80.0 Å². The number of nitrogen functional groups attached to an aromatic ring is 1. The summed E-state index contributed by atoms with van der Waals surface area (Å²) < 4.78 is 0. The second-order valence-corrected chi connectivity index (χ2v) is 7.43. The molecule has 0 saturated carbocycles. The van der Waals surface area contributed by atoms with Crippen LogP contribution in [0.4, 0.5) is 22.9 Å². The summed E-state index contributed by atoms with van der Waals surface area (Å²) in [5.41, 5.74) is 10.2. The van der Waals surface area contributed by atoms with E-state index in [1.165, 1.54) is 0 Å². The fourth-order valence-electron chi connectivity index (χ4n) is 3.11. The zero-order valence-electron chi connectivity index (χ0n) is 16.4. The molecule has 1 aromatic heterocycles. The van der Waals surface area contributed by atoms with Crippen LogP contribution in [0.15, 0.2) is 60.7 Å². The molecule has 3 rings (SSSR count). The van der Waals surface area contributed by atoms with Crippen molar-refractivity contribution in [1.29, 1.82) is 0 Å². The van der Waals surface area contributed by atoms with E-state index < -0.39 is 0 Å². The summed E-state index contributed by atoms with van der Waals surface area (Å²) in [6.45, 7) is 2.00. The first kappa shape index (κ1) is 20.7. The third-order valence-corrected chi connectivity index (χ3v) is 4.67. The Morgan fingerprint density at radius 1 is 1.03 bits per heavy atom. The number of nitrogens with one attached hydrogen (secondary N) is 2. The molecular formula is C23H25ClN4O. The molecule has 6 heteroatoms. The van der Waals surface area contributed by atoms with Crippen molar-refractivity contribution < 1.29 is 4.79 Å². The second kappa shape index (κ2) is 9.94. The molecule has 0 atom stereocenters. The zero-order valence-corrected chi connectivity index (χ0v) is 17.2. The monoisotopic (exact) mass is 408 g/mol. The summed E-state index contributed by atoms with van der Waals surface area (Å²) >= 11 is 6.13. The van der Waals surface area contributed by atoms with Crippen LogP contribution in [0, 0.1) is 6.92 Å². The summed E-state index contributed by atoms with van der Waals surface area (Å²) in [5.74, 6) is 0.513. The highest BCUT2D eigenvalue weighted by Gasteiger charge is 2.09. The van der Waals surface area contributed by atoms with Crippen LogP contribution in [-0.2, 0) is 11.2 Å². The first-order chi connectivity index (χ1) is 14.0. The lowest BCUT2D eigenvalue weighted by Gasteiger charge is -2.14. The number of nitrogens with two attached hydrogens (primary N) is 1. The fraction of sp³-hybridized carbons (Fsp3) is 0.217. The molecule has 0 bridgehead atoms. The Morgan fingerprint density at radius 3 is 2.59 bits per heavy atom. The molecule has 0 aliphatic rings. The van der Waals surface area contributed by atoms with Crippen LogP contribution in [0.2, 0.25) is 5.02 Å². The lowest BCUT2D eigenvalue weighted by Crippen LogP contribution is -2.12. The van der Waals surface area contributed by atoms with Crippen LogP contribution < -0.4 is 16.4 Å². The summed E-state index contributed by atoms with van der Waals surface area (Å²) in [7, 11) is 0. The maximum absolute atomic E-state index is 12.4. The average molecular weight is 409 g/mol. The molecule has 0 fully saturated rings. The van der Waals surface area contributed by atoms with Gasteiger partial charge in [0, 0.05) is 22.8 Å². The molecule has 1 heterocycles. The van der Waals surface area contributed by atoms with Crippen molar-refractivity contribution in [3.8, 4) is 0 Å². The highest BCUT2D eigenvalue weighted by Crippen LogP contribution is 2.29. The molecule has 3 aromatic rings. The number of anilines is 4. The maximum atomic E-state index is 12.4. The van der Waals surface area contributed by atoms with E-state index in [0.717, 1.165) is 41.9 Å². The first-order valence-corrected chi connectivity index (χ1v) is 10.0. The number of rotatable bonds is 8. The van der Waals surface area contributed by atoms with Gasteiger partial charge in [-0.15, -0.1) is 0 Å². The maximum Gasteiger partial charge on any atom is 0.224 e. The van der Waals surface area contributed by atoms with Crippen molar-refractivity contribution >= 4 is 40.4 Å². The number of halogens is 1. The Hall–Kier alpha value is -3.05. The van der Waals surface area contributed by atoms with Gasteiger partial charge in [0.15, 0.2) is 0 Å². The van der Waals surface area contributed by atoms with Gasteiger partial charge in [0.2, 0.25) is 5.91 Å². The SMILES string of the molecule is Cc1cc(N)nc(CCCCC(=O)Nc2ccc(Cl)cc2Nc2ccccc2)c1. The summed E-state index contributed by atoms with van der Waals surface area (Å²) in [6, 6.07) is 19.0. The van der Waals surface area contributed by atoms with Crippen molar-refractivity contribution in [2.75, 3.05) is 16.4 Å². The first-order valence-electron chi connectivity index (χ1n) is 9.64. The van der Waals surface area contributed by atoms with Crippen molar-refractivity contribution in [1.82, 2.24) is 4.98 Å². The lowest BCUT2D eigenvalue weighted by molar-refractivity contribution is -0.116. The van der Waals surface area contributed by atoms with Gasteiger partial charge in [-0.2, -0.15) is 0 Å². The van der Waals surface area contributed by atoms with Gasteiger partial charge in [-0.1, -0.05) is 29.8 Å². The summed E-state index contributed by atoms with van der Waals surface area (Å²) in [6.07, 6.45) is 2.89. The molecule has 1 amide bonds. The number of carbonyl (C=O) groups excluding carboxylic acids is 1. The molecule has 2 aromatic carbocycles. The minimum atomic E-state index is -0.0276. The third-order valence-electron chi connectivity index (χ3n) is 4.44. The predicted molar refractivity (Wildman–Crippen MR) is 121 cm³/mol. The van der Waals surface area contributed by atoms with Gasteiger partial charge >= 0.3 is 0 Å². The molecule has 0 unspecified atom stereocenters. The summed E-state index contributed by atoms with van der Waals surface area (Å²) in [5, 5.41) is 6.88. The van der Waals surface area contributed by atoms with Crippen LogP contribution in [-0.4, -0.2) is 10.9 Å². The number of benzene rings is 2. The number of amides is 1. The van der Waals surface area contributed by atoms with Crippen LogP contribution in [0.3, 0.4) is 0 Å². The molecule has 0 aliphatic heterocycles. The Bertz CT molecular complexity index is 956. The largest absolute Gasteiger partial charge is 0.384 e. The number of carbonyl (C=O) groups is 1. The minimum absolute atomic E-state index is 0.0276. The summed E-state index contributed by atoms with van der Waals surface area (Å²) in [4.78, 5) is 16.7. The van der Waals surface area contributed by atoms with E-state index in [-0.39, 0.29) is 5.91 Å². The van der Waals surface area contributed by atoms with Crippen molar-refractivity contribution in [2.45, 2.75) is 32.6 Å². The number of aromatic nitrogens is 1. The minimum Gasteiger partial charge on any atom is -0.384 e. The van der Waals surface area contributed by atoms with Crippen LogP contribution >= 0.6 is 11.6 Å². The quantitative estimate of drug-likeness (QED) is 0.416. The number of aryl methyl sites for hydroxylation is 2. The Labute approximate surface area is 176 Å². The van der Waals surface area contributed by atoms with Gasteiger partial charge in [-0.3, -0.25) is 4.79 Å². The van der Waals surface area contributed by atoms with E-state index in [9.17, 15) is 4.79 Å². The number of hydrogen-bond donors (Lipinski definition) is 3. The molecule has 5 nitrogen and oxygen atoms in total. The molecule has 0 radical (unpaired) electrons. The molecular weight excluding hydrogens is 384 g/mol. The van der Waals surface area contributed by atoms with E-state index in [1.807, 2.05) is 55.5 Å². The molecule has 29 heavy (non-hydrogen) atoms. The van der Waals surface area contributed by atoms with E-state index in [2.05, 4.69) is 15.6 Å². The van der Waals surface area contributed by atoms with Gasteiger partial charge in [0.05, 0.1) is 11.4 Å². The number of hydrogen-bond acceptors (Lipinski definition) is 4. The van der Waals surface area contributed by atoms with E-state index in [0.29, 0.717) is 22.9 Å². The fourth-order valence-corrected chi connectivity index (χ4v) is 3.28. The molecule has 4 N–H and O–H groups in total. The lowest BCUT2D eigenvalue weighted by atomic mass is 10.1. The third kappa shape index (κ3) is 6.50. The second-order valence-electron chi connectivity index (χ2n) is 7.00. The highest BCUT2D eigenvalue weighted by molar-refractivity contribution is 6.31. The number of unbranched alkanes of at least 4 members (excludes halogenated alkanes) is 1. The van der Waals surface area contributed by atoms with Gasteiger partial charge in [-0.25, -0.2) is 4.98 Å². The zero-order chi connectivity index (χ0) is 20.6. The van der Waals surface area contributed by atoms with Crippen LogP contribution in [0.1, 0.15) is 30.5 Å². The van der Waals surface area contributed by atoms with Gasteiger partial charge < -0.3 is 16.4 Å². The van der Waals surface area contributed by atoms with Gasteiger partial charge in [-0.05, 0) is 74.2 Å². The van der Waals surface area contributed by atoms with Gasteiger partial charge in [0.25, 0.3) is 0 Å². The van der Waals surface area contributed by atoms with Crippen LogP contribution in [0.25, 0.3) is 0 Å². The number of para-hydroxylation sites is 1. The molecule has 0 saturated heterocycles. The normalized spacial score (nSPS) is 10.6. The number of pyridine rings is 1. The van der Waals surface area contributed by atoms with Crippen molar-refractivity contribution in [3.63, 3.8) is 0 Å². The Morgan fingerprint density at radius 2 is 1.83 bits per heavy atom.